The lowest BCUT2D eigenvalue weighted by atomic mass is 10.2. The summed E-state index contributed by atoms with van der Waals surface area (Å²) in [5.74, 6) is 0.201. The molecule has 0 aromatic heterocycles. The molecule has 2 rings (SSSR count). The molecule has 2 aromatic rings. The average molecular weight is 281 g/mol. The molecule has 2 nitrogen and oxygen atoms in total. The number of alkyl halides is 3. The molecule has 20 heavy (non-hydrogen) atoms. The van der Waals surface area contributed by atoms with E-state index in [1.54, 1.807) is 12.1 Å². The van der Waals surface area contributed by atoms with E-state index < -0.39 is 12.8 Å². The highest BCUT2D eigenvalue weighted by Crippen LogP contribution is 2.20. The maximum absolute atomic E-state index is 12.0. The van der Waals surface area contributed by atoms with Crippen molar-refractivity contribution < 1.29 is 17.9 Å². The van der Waals surface area contributed by atoms with Gasteiger partial charge in [0.15, 0.2) is 6.61 Å². The maximum atomic E-state index is 12.0. The summed E-state index contributed by atoms with van der Waals surface area (Å²) in [5, 5.41) is 3.18. The minimum atomic E-state index is -4.32. The Morgan fingerprint density at radius 2 is 1.55 bits per heavy atom. The van der Waals surface area contributed by atoms with Gasteiger partial charge >= 0.3 is 6.18 Å². The van der Waals surface area contributed by atoms with E-state index in [1.807, 2.05) is 30.3 Å². The summed E-state index contributed by atoms with van der Waals surface area (Å²) < 4.78 is 40.6. The van der Waals surface area contributed by atoms with Crippen molar-refractivity contribution in [3.63, 3.8) is 0 Å². The molecule has 0 aliphatic rings. The molecule has 0 aliphatic carbocycles. The van der Waals surface area contributed by atoms with Crippen molar-refractivity contribution in [2.45, 2.75) is 12.7 Å². The maximum Gasteiger partial charge on any atom is 0.422 e. The van der Waals surface area contributed by atoms with Gasteiger partial charge in [-0.3, -0.25) is 0 Å². The fourth-order valence-electron chi connectivity index (χ4n) is 1.63. The van der Waals surface area contributed by atoms with Gasteiger partial charge in [0.25, 0.3) is 0 Å². The molecular weight excluding hydrogens is 267 g/mol. The minimum absolute atomic E-state index is 0.201. The van der Waals surface area contributed by atoms with Crippen molar-refractivity contribution in [1.82, 2.24) is 0 Å². The zero-order chi connectivity index (χ0) is 14.4. The van der Waals surface area contributed by atoms with Gasteiger partial charge in [0.05, 0.1) is 0 Å². The Labute approximate surface area is 115 Å². The molecule has 2 aromatic carbocycles. The third-order valence-electron chi connectivity index (χ3n) is 2.60. The van der Waals surface area contributed by atoms with E-state index in [4.69, 9.17) is 0 Å². The van der Waals surface area contributed by atoms with E-state index in [0.717, 1.165) is 11.3 Å². The molecule has 0 amide bonds. The number of nitrogens with one attached hydrogen (secondary N) is 1. The van der Waals surface area contributed by atoms with Gasteiger partial charge in [-0.05, 0) is 29.8 Å². The molecule has 0 heterocycles. The van der Waals surface area contributed by atoms with Crippen LogP contribution in [0.25, 0.3) is 0 Å². The van der Waals surface area contributed by atoms with Crippen LogP contribution in [-0.4, -0.2) is 12.8 Å². The van der Waals surface area contributed by atoms with Crippen LogP contribution in [0.3, 0.4) is 0 Å². The van der Waals surface area contributed by atoms with Crippen LogP contribution in [0.1, 0.15) is 5.56 Å². The molecule has 0 spiro atoms. The first-order valence-electron chi connectivity index (χ1n) is 6.10. The molecule has 0 saturated heterocycles. The van der Waals surface area contributed by atoms with Gasteiger partial charge in [0, 0.05) is 12.2 Å². The quantitative estimate of drug-likeness (QED) is 0.885. The fraction of sp³-hybridized carbons (Fsp3) is 0.200. The number of ether oxygens (including phenoxy) is 1. The van der Waals surface area contributed by atoms with Crippen LogP contribution in [0.2, 0.25) is 0 Å². The van der Waals surface area contributed by atoms with Crippen LogP contribution in [0, 0.1) is 0 Å². The predicted molar refractivity (Wildman–Crippen MR) is 71.8 cm³/mol. The molecule has 0 bridgehead atoms. The Hall–Kier alpha value is -2.17. The molecular formula is C15H14F3NO. The Morgan fingerprint density at radius 1 is 0.900 bits per heavy atom. The minimum Gasteiger partial charge on any atom is -0.484 e. The third kappa shape index (κ3) is 4.84. The molecule has 0 aliphatic heterocycles. The summed E-state index contributed by atoms with van der Waals surface area (Å²) in [6.45, 7) is -0.618. The second-order valence-corrected chi connectivity index (χ2v) is 4.27. The fourth-order valence-corrected chi connectivity index (χ4v) is 1.63. The van der Waals surface area contributed by atoms with Crippen molar-refractivity contribution in [2.75, 3.05) is 11.9 Å². The van der Waals surface area contributed by atoms with Crippen LogP contribution >= 0.6 is 0 Å². The summed E-state index contributed by atoms with van der Waals surface area (Å²) in [7, 11) is 0. The predicted octanol–water partition coefficient (Wildman–Crippen LogP) is 4.24. The normalized spacial score (nSPS) is 11.2. The second-order valence-electron chi connectivity index (χ2n) is 4.27. The molecule has 106 valence electrons. The Kier molecular flexibility index (Phi) is 4.50. The highest BCUT2D eigenvalue weighted by molar-refractivity contribution is 5.46. The number of halogens is 3. The van der Waals surface area contributed by atoms with Gasteiger partial charge in [0.1, 0.15) is 5.75 Å². The zero-order valence-corrected chi connectivity index (χ0v) is 10.7. The lowest BCUT2D eigenvalue weighted by Gasteiger charge is -2.10. The van der Waals surface area contributed by atoms with Crippen molar-refractivity contribution in [3.8, 4) is 5.75 Å². The second kappa shape index (κ2) is 6.32. The van der Waals surface area contributed by atoms with Crippen LogP contribution < -0.4 is 10.1 Å². The summed E-state index contributed by atoms with van der Waals surface area (Å²) in [6.07, 6.45) is -4.32. The summed E-state index contributed by atoms with van der Waals surface area (Å²) >= 11 is 0. The smallest absolute Gasteiger partial charge is 0.422 e. The summed E-state index contributed by atoms with van der Waals surface area (Å²) in [4.78, 5) is 0. The Balaban J connectivity index is 1.85. The van der Waals surface area contributed by atoms with E-state index in [1.165, 1.54) is 12.1 Å². The first kappa shape index (κ1) is 14.2. The highest BCUT2D eigenvalue weighted by Gasteiger charge is 2.28. The Bertz CT molecular complexity index is 523. The number of rotatable bonds is 5. The van der Waals surface area contributed by atoms with E-state index in [0.29, 0.717) is 6.54 Å². The van der Waals surface area contributed by atoms with Crippen LogP contribution in [0.4, 0.5) is 18.9 Å². The van der Waals surface area contributed by atoms with E-state index >= 15 is 0 Å². The summed E-state index contributed by atoms with van der Waals surface area (Å²) in [5.41, 5.74) is 1.96. The molecule has 5 heteroatoms. The van der Waals surface area contributed by atoms with Gasteiger partial charge in [-0.1, -0.05) is 30.3 Å². The topological polar surface area (TPSA) is 21.3 Å². The lowest BCUT2D eigenvalue weighted by Crippen LogP contribution is -2.19. The van der Waals surface area contributed by atoms with Gasteiger partial charge in [-0.25, -0.2) is 0 Å². The monoisotopic (exact) mass is 281 g/mol. The van der Waals surface area contributed by atoms with Crippen molar-refractivity contribution in [3.05, 3.63) is 60.2 Å². The molecule has 0 fully saturated rings. The van der Waals surface area contributed by atoms with E-state index in [9.17, 15) is 13.2 Å². The van der Waals surface area contributed by atoms with Crippen LogP contribution in [0.15, 0.2) is 54.6 Å². The molecule has 0 atom stereocenters. The number of hydrogen-bond donors (Lipinski definition) is 1. The highest BCUT2D eigenvalue weighted by atomic mass is 19.4. The van der Waals surface area contributed by atoms with Gasteiger partial charge in [-0.15, -0.1) is 0 Å². The molecule has 1 N–H and O–H groups in total. The van der Waals surface area contributed by atoms with Gasteiger partial charge < -0.3 is 10.1 Å². The first-order valence-corrected chi connectivity index (χ1v) is 6.10. The number of anilines is 1. The average Bonchev–Trinajstić information content (AvgIpc) is 2.44. The number of hydrogen-bond acceptors (Lipinski definition) is 2. The van der Waals surface area contributed by atoms with Gasteiger partial charge in [-0.2, -0.15) is 13.2 Å². The van der Waals surface area contributed by atoms with Crippen molar-refractivity contribution in [2.24, 2.45) is 0 Å². The molecule has 0 radical (unpaired) electrons. The molecule has 0 unspecified atom stereocenters. The van der Waals surface area contributed by atoms with Gasteiger partial charge in [0.2, 0.25) is 0 Å². The lowest BCUT2D eigenvalue weighted by molar-refractivity contribution is -0.153. The first-order chi connectivity index (χ1) is 9.53. The van der Waals surface area contributed by atoms with E-state index in [-0.39, 0.29) is 5.75 Å². The van der Waals surface area contributed by atoms with Crippen molar-refractivity contribution in [1.29, 1.82) is 0 Å². The largest absolute Gasteiger partial charge is 0.484 e. The summed E-state index contributed by atoms with van der Waals surface area (Å²) in [6, 6.07) is 16.2. The van der Waals surface area contributed by atoms with Crippen molar-refractivity contribution >= 4 is 5.69 Å². The Morgan fingerprint density at radius 3 is 2.15 bits per heavy atom. The van der Waals surface area contributed by atoms with Crippen LogP contribution in [-0.2, 0) is 6.54 Å². The van der Waals surface area contributed by atoms with Crippen LogP contribution in [0.5, 0.6) is 5.75 Å². The third-order valence-corrected chi connectivity index (χ3v) is 2.60. The standard InChI is InChI=1S/C15H14F3NO/c16-15(17,18)11-20-14-8-6-13(7-9-14)19-10-12-4-2-1-3-5-12/h1-9,19H,10-11H2. The molecule has 0 saturated carbocycles. The van der Waals surface area contributed by atoms with E-state index in [2.05, 4.69) is 10.1 Å². The SMILES string of the molecule is FC(F)(F)COc1ccc(NCc2ccccc2)cc1. The number of benzene rings is 2. The zero-order valence-electron chi connectivity index (χ0n) is 10.7.